The van der Waals surface area contributed by atoms with Gasteiger partial charge in [0, 0.05) is 16.0 Å². The third kappa shape index (κ3) is 4.77. The molecule has 0 unspecified atom stereocenters. The Morgan fingerprint density at radius 3 is 2.34 bits per heavy atom. The lowest BCUT2D eigenvalue weighted by Gasteiger charge is -2.17. The van der Waals surface area contributed by atoms with Gasteiger partial charge in [0.2, 0.25) is 5.13 Å². The average Bonchev–Trinajstić information content (AvgIpc) is 3.33. The second-order valence-electron chi connectivity index (χ2n) is 6.92. The molecule has 32 heavy (non-hydrogen) atoms. The van der Waals surface area contributed by atoms with Crippen molar-refractivity contribution in [2.75, 3.05) is 19.2 Å². The number of hydrogen-bond donors (Lipinski definition) is 0. The van der Waals surface area contributed by atoms with Crippen molar-refractivity contribution in [3.05, 3.63) is 88.8 Å². The molecule has 0 aliphatic heterocycles. The van der Waals surface area contributed by atoms with E-state index in [4.69, 9.17) is 31.2 Å². The molecular formula is C25H22ClN3O2S. The van der Waals surface area contributed by atoms with Gasteiger partial charge in [-0.25, -0.2) is 9.99 Å². The van der Waals surface area contributed by atoms with Crippen molar-refractivity contribution in [1.29, 1.82) is 0 Å². The molecule has 0 bridgehead atoms. The molecule has 162 valence electrons. The predicted molar refractivity (Wildman–Crippen MR) is 133 cm³/mol. The number of hydrogen-bond acceptors (Lipinski definition) is 6. The molecule has 1 heterocycles. The summed E-state index contributed by atoms with van der Waals surface area (Å²) in [4.78, 5) is 4.87. The van der Waals surface area contributed by atoms with Gasteiger partial charge in [-0.15, -0.1) is 11.3 Å². The molecule has 1 aromatic heterocycles. The van der Waals surface area contributed by atoms with Crippen LogP contribution in [0.5, 0.6) is 11.5 Å². The lowest BCUT2D eigenvalue weighted by Crippen LogP contribution is -2.12. The summed E-state index contributed by atoms with van der Waals surface area (Å²) in [6.07, 6.45) is 0. The van der Waals surface area contributed by atoms with Crippen LogP contribution in [0, 0.1) is 0 Å². The van der Waals surface area contributed by atoms with Gasteiger partial charge in [-0.3, -0.25) is 0 Å². The van der Waals surface area contributed by atoms with Crippen LogP contribution in [0.4, 0.5) is 10.8 Å². The Morgan fingerprint density at radius 1 is 0.938 bits per heavy atom. The number of methoxy groups -OCH3 is 2. The van der Waals surface area contributed by atoms with E-state index in [0.29, 0.717) is 16.5 Å². The van der Waals surface area contributed by atoms with E-state index in [1.807, 2.05) is 90.1 Å². The fraction of sp³-hybridized carbons (Fsp3) is 0.120. The predicted octanol–water partition coefficient (Wildman–Crippen LogP) is 7.04. The highest BCUT2D eigenvalue weighted by Gasteiger charge is 2.16. The molecule has 4 aromatic rings. The summed E-state index contributed by atoms with van der Waals surface area (Å²) >= 11 is 7.56. The maximum absolute atomic E-state index is 6.04. The van der Waals surface area contributed by atoms with E-state index in [2.05, 4.69) is 0 Å². The minimum Gasteiger partial charge on any atom is -0.493 e. The monoisotopic (exact) mass is 463 g/mol. The Labute approximate surface area is 196 Å². The minimum absolute atomic E-state index is 0.663. The largest absolute Gasteiger partial charge is 0.493 e. The maximum Gasteiger partial charge on any atom is 0.211 e. The summed E-state index contributed by atoms with van der Waals surface area (Å²) in [6, 6.07) is 23.4. The van der Waals surface area contributed by atoms with Gasteiger partial charge >= 0.3 is 0 Å². The van der Waals surface area contributed by atoms with Crippen molar-refractivity contribution in [2.45, 2.75) is 6.92 Å². The number of hydrazone groups is 1. The Hall–Kier alpha value is -3.35. The zero-order valence-corrected chi connectivity index (χ0v) is 19.5. The van der Waals surface area contributed by atoms with E-state index in [-0.39, 0.29) is 0 Å². The fourth-order valence-corrected chi connectivity index (χ4v) is 4.10. The molecular weight excluding hydrogens is 442 g/mol. The van der Waals surface area contributed by atoms with Crippen LogP contribution in [-0.2, 0) is 0 Å². The van der Waals surface area contributed by atoms with Crippen molar-refractivity contribution in [3.8, 4) is 22.8 Å². The van der Waals surface area contributed by atoms with Gasteiger partial charge in [0.15, 0.2) is 11.5 Å². The Bertz CT molecular complexity index is 1220. The molecule has 0 N–H and O–H groups in total. The van der Waals surface area contributed by atoms with Crippen molar-refractivity contribution in [3.63, 3.8) is 0 Å². The molecule has 0 radical (unpaired) electrons. The topological polar surface area (TPSA) is 47.0 Å². The van der Waals surface area contributed by atoms with Crippen LogP contribution in [0.2, 0.25) is 5.02 Å². The molecule has 0 aliphatic carbocycles. The van der Waals surface area contributed by atoms with E-state index >= 15 is 0 Å². The first-order chi connectivity index (χ1) is 15.6. The van der Waals surface area contributed by atoms with Gasteiger partial charge in [-0.05, 0) is 55.0 Å². The van der Waals surface area contributed by atoms with Crippen molar-refractivity contribution < 1.29 is 9.47 Å². The highest BCUT2D eigenvalue weighted by molar-refractivity contribution is 7.14. The van der Waals surface area contributed by atoms with Gasteiger partial charge in [-0.1, -0.05) is 41.9 Å². The highest BCUT2D eigenvalue weighted by atomic mass is 35.5. The molecule has 5 nitrogen and oxygen atoms in total. The SMILES string of the molecule is COc1ccc(-c2csc(N(N=C(C)c3ccc(Cl)cc3)c3ccccc3)n2)cc1OC. The quantitative estimate of drug-likeness (QED) is 0.218. The van der Waals surface area contributed by atoms with E-state index in [1.54, 1.807) is 14.2 Å². The summed E-state index contributed by atoms with van der Waals surface area (Å²) < 4.78 is 10.8. The van der Waals surface area contributed by atoms with Crippen LogP contribution in [-0.4, -0.2) is 24.9 Å². The van der Waals surface area contributed by atoms with Crippen LogP contribution in [0.15, 0.2) is 83.3 Å². The molecule has 0 atom stereocenters. The van der Waals surface area contributed by atoms with E-state index in [9.17, 15) is 0 Å². The number of anilines is 2. The van der Waals surface area contributed by atoms with Crippen LogP contribution < -0.4 is 14.5 Å². The smallest absolute Gasteiger partial charge is 0.211 e. The normalized spacial score (nSPS) is 11.3. The Kier molecular flexibility index (Phi) is 6.73. The van der Waals surface area contributed by atoms with Gasteiger partial charge in [-0.2, -0.15) is 5.10 Å². The molecule has 0 amide bonds. The number of para-hydroxylation sites is 1. The van der Waals surface area contributed by atoms with Gasteiger partial charge in [0.05, 0.1) is 31.3 Å². The van der Waals surface area contributed by atoms with Gasteiger partial charge in [0.25, 0.3) is 0 Å². The fourth-order valence-electron chi connectivity index (χ4n) is 3.17. The van der Waals surface area contributed by atoms with E-state index < -0.39 is 0 Å². The number of rotatable bonds is 7. The summed E-state index contributed by atoms with van der Waals surface area (Å²) in [6.45, 7) is 1.97. The van der Waals surface area contributed by atoms with E-state index in [1.165, 1.54) is 11.3 Å². The first-order valence-corrected chi connectivity index (χ1v) is 11.2. The zero-order chi connectivity index (χ0) is 22.5. The number of aromatic nitrogens is 1. The highest BCUT2D eigenvalue weighted by Crippen LogP contribution is 2.36. The molecule has 0 aliphatic rings. The van der Waals surface area contributed by atoms with Crippen LogP contribution in [0.1, 0.15) is 12.5 Å². The molecule has 0 fully saturated rings. The molecule has 0 saturated carbocycles. The van der Waals surface area contributed by atoms with Crippen molar-refractivity contribution in [2.24, 2.45) is 5.10 Å². The maximum atomic E-state index is 6.04. The summed E-state index contributed by atoms with van der Waals surface area (Å²) in [5.74, 6) is 1.34. The Balaban J connectivity index is 1.73. The van der Waals surface area contributed by atoms with Crippen molar-refractivity contribution >= 4 is 39.5 Å². The summed E-state index contributed by atoms with van der Waals surface area (Å²) in [5, 5.41) is 10.2. The van der Waals surface area contributed by atoms with Gasteiger partial charge in [0.1, 0.15) is 0 Å². The standard InChI is InChI=1S/C25H22ClN3O2S/c1-17(18-9-12-20(26)13-10-18)28-29(21-7-5-4-6-8-21)25-27-22(16-32-25)19-11-14-23(30-2)24(15-19)31-3/h4-16H,1-3H3. The molecule has 0 spiro atoms. The second kappa shape index (κ2) is 9.85. The van der Waals surface area contributed by atoms with Crippen LogP contribution in [0.3, 0.4) is 0 Å². The third-order valence-corrected chi connectivity index (χ3v) is 5.93. The first-order valence-electron chi connectivity index (χ1n) is 9.93. The second-order valence-corrected chi connectivity index (χ2v) is 8.20. The Morgan fingerprint density at radius 2 is 1.66 bits per heavy atom. The zero-order valence-electron chi connectivity index (χ0n) is 17.9. The number of thiazole rings is 1. The van der Waals surface area contributed by atoms with Crippen LogP contribution in [0.25, 0.3) is 11.3 Å². The average molecular weight is 464 g/mol. The number of halogens is 1. The lowest BCUT2D eigenvalue weighted by molar-refractivity contribution is 0.355. The lowest BCUT2D eigenvalue weighted by atomic mass is 10.1. The number of ether oxygens (including phenoxy) is 2. The van der Waals surface area contributed by atoms with Gasteiger partial charge < -0.3 is 9.47 Å². The molecule has 3 aromatic carbocycles. The van der Waals surface area contributed by atoms with E-state index in [0.717, 1.165) is 33.4 Å². The number of nitrogens with zero attached hydrogens (tertiary/aromatic N) is 3. The van der Waals surface area contributed by atoms with Crippen LogP contribution >= 0.6 is 22.9 Å². The number of benzene rings is 3. The first kappa shape index (κ1) is 21.9. The molecule has 4 rings (SSSR count). The van der Waals surface area contributed by atoms with Crippen molar-refractivity contribution in [1.82, 2.24) is 4.98 Å². The summed E-state index contributed by atoms with van der Waals surface area (Å²) in [5.41, 5.74) is 4.55. The molecule has 0 saturated heterocycles. The third-order valence-electron chi connectivity index (χ3n) is 4.87. The minimum atomic E-state index is 0.663. The molecule has 7 heteroatoms. The summed E-state index contributed by atoms with van der Waals surface area (Å²) in [7, 11) is 3.25.